The van der Waals surface area contributed by atoms with Crippen molar-refractivity contribution in [1.29, 1.82) is 0 Å². The van der Waals surface area contributed by atoms with Gasteiger partial charge >= 0.3 is 5.97 Å². The van der Waals surface area contributed by atoms with Crippen LogP contribution in [0.5, 0.6) is 0 Å². The molecule has 35 heavy (non-hydrogen) atoms. The predicted molar refractivity (Wildman–Crippen MR) is 144 cm³/mol. The molecule has 0 atom stereocenters. The number of benzene rings is 2. The van der Waals surface area contributed by atoms with Gasteiger partial charge in [-0.2, -0.15) is 0 Å². The van der Waals surface area contributed by atoms with E-state index in [0.717, 1.165) is 37.7 Å². The van der Waals surface area contributed by atoms with Crippen LogP contribution in [0.4, 0.5) is 5.69 Å². The van der Waals surface area contributed by atoms with Crippen LogP contribution in [-0.2, 0) is 4.74 Å². The maximum atomic E-state index is 11.9. The van der Waals surface area contributed by atoms with Crippen molar-refractivity contribution in [2.45, 2.75) is 51.9 Å². The van der Waals surface area contributed by atoms with E-state index in [1.54, 1.807) is 11.1 Å². The second-order valence-electron chi connectivity index (χ2n) is 10.5. The van der Waals surface area contributed by atoms with Crippen molar-refractivity contribution in [3.8, 4) is 0 Å². The van der Waals surface area contributed by atoms with Gasteiger partial charge in [0.1, 0.15) is 0 Å². The maximum absolute atomic E-state index is 11.9. The molecule has 5 heteroatoms. The average molecular weight is 493 g/mol. The Morgan fingerprint density at radius 2 is 1.63 bits per heavy atom. The maximum Gasteiger partial charge on any atom is 0.338 e. The van der Waals surface area contributed by atoms with E-state index in [0.29, 0.717) is 17.6 Å². The molecule has 1 saturated carbocycles. The summed E-state index contributed by atoms with van der Waals surface area (Å²) < 4.78 is 5.11. The molecule has 4 nitrogen and oxygen atoms in total. The van der Waals surface area contributed by atoms with Gasteiger partial charge in [0, 0.05) is 43.4 Å². The van der Waals surface area contributed by atoms with Crippen molar-refractivity contribution in [2.75, 3.05) is 44.2 Å². The van der Waals surface area contributed by atoms with E-state index in [9.17, 15) is 4.79 Å². The molecular formula is C30H37ClN2O2. The van der Waals surface area contributed by atoms with Crippen LogP contribution < -0.4 is 4.90 Å². The van der Waals surface area contributed by atoms with Crippen LogP contribution in [0, 0.1) is 5.41 Å². The van der Waals surface area contributed by atoms with Crippen LogP contribution in [0.2, 0.25) is 5.02 Å². The van der Waals surface area contributed by atoms with E-state index < -0.39 is 0 Å². The number of carbonyl (C=O) groups excluding carboxylic acids is 1. The summed E-state index contributed by atoms with van der Waals surface area (Å²) in [5, 5.41) is 0.811. The summed E-state index contributed by atoms with van der Waals surface area (Å²) in [6, 6.07) is 16.4. The van der Waals surface area contributed by atoms with E-state index in [4.69, 9.17) is 16.3 Å². The number of hydrogen-bond acceptors (Lipinski definition) is 4. The van der Waals surface area contributed by atoms with E-state index in [-0.39, 0.29) is 5.97 Å². The highest BCUT2D eigenvalue weighted by Gasteiger charge is 2.38. The molecule has 2 fully saturated rings. The van der Waals surface area contributed by atoms with E-state index in [2.05, 4.69) is 21.9 Å². The van der Waals surface area contributed by atoms with Gasteiger partial charge in [0.25, 0.3) is 0 Å². The first-order chi connectivity index (χ1) is 17.0. The van der Waals surface area contributed by atoms with Gasteiger partial charge < -0.3 is 9.64 Å². The molecule has 2 aliphatic carbocycles. The number of rotatable bonds is 6. The summed E-state index contributed by atoms with van der Waals surface area (Å²) in [7, 11) is 0. The predicted octanol–water partition coefficient (Wildman–Crippen LogP) is 6.84. The lowest BCUT2D eigenvalue weighted by Gasteiger charge is -2.41. The van der Waals surface area contributed by atoms with E-state index in [1.165, 1.54) is 56.2 Å². The van der Waals surface area contributed by atoms with E-state index in [1.807, 2.05) is 43.3 Å². The van der Waals surface area contributed by atoms with Crippen molar-refractivity contribution in [1.82, 2.24) is 4.90 Å². The summed E-state index contributed by atoms with van der Waals surface area (Å²) in [4.78, 5) is 17.0. The molecule has 186 valence electrons. The van der Waals surface area contributed by atoms with Crippen molar-refractivity contribution >= 4 is 28.8 Å². The number of carbonyl (C=O) groups is 1. The molecule has 1 spiro atoms. The van der Waals surface area contributed by atoms with Crippen LogP contribution in [0.3, 0.4) is 0 Å². The van der Waals surface area contributed by atoms with Gasteiger partial charge in [0.15, 0.2) is 0 Å². The number of hydrogen-bond donors (Lipinski definition) is 0. The molecule has 0 unspecified atom stereocenters. The number of anilines is 1. The monoisotopic (exact) mass is 492 g/mol. The van der Waals surface area contributed by atoms with E-state index >= 15 is 0 Å². The number of ether oxygens (including phenoxy) is 1. The standard InChI is InChI=1S/C30H37ClN2O2/c1-2-35-29(34)24-7-11-27(12-8-24)33-19-17-32(18-20-33)22-25-21-30(14-3-4-15-30)16-13-28(25)23-5-9-26(31)10-6-23/h5-12H,2-4,13-22H2,1H3. The number of piperazine rings is 1. The van der Waals surface area contributed by atoms with Crippen LogP contribution >= 0.6 is 11.6 Å². The third kappa shape index (κ3) is 5.59. The molecule has 0 bridgehead atoms. The Bertz CT molecular complexity index is 1050. The topological polar surface area (TPSA) is 32.8 Å². The average Bonchev–Trinajstić information content (AvgIpc) is 3.33. The molecule has 1 aliphatic heterocycles. The summed E-state index contributed by atoms with van der Waals surface area (Å²) >= 11 is 6.19. The Labute approximate surface area is 214 Å². The van der Waals surface area contributed by atoms with Gasteiger partial charge in [0.2, 0.25) is 0 Å². The number of allylic oxidation sites excluding steroid dienone is 1. The van der Waals surface area contributed by atoms with Gasteiger partial charge in [-0.3, -0.25) is 4.90 Å². The minimum Gasteiger partial charge on any atom is -0.462 e. The quantitative estimate of drug-likeness (QED) is 0.413. The first kappa shape index (κ1) is 24.4. The summed E-state index contributed by atoms with van der Waals surface area (Å²) in [5.41, 5.74) is 6.94. The molecule has 2 aromatic carbocycles. The molecule has 1 saturated heterocycles. The van der Waals surface area contributed by atoms with Crippen LogP contribution in [-0.4, -0.2) is 50.2 Å². The van der Waals surface area contributed by atoms with Gasteiger partial charge in [-0.1, -0.05) is 42.1 Å². The minimum absolute atomic E-state index is 0.249. The fourth-order valence-corrected chi connectivity index (χ4v) is 6.50. The van der Waals surface area contributed by atoms with Gasteiger partial charge in [0.05, 0.1) is 12.2 Å². The van der Waals surface area contributed by atoms with Crippen molar-refractivity contribution in [3.05, 3.63) is 70.3 Å². The van der Waals surface area contributed by atoms with Crippen LogP contribution in [0.15, 0.2) is 54.1 Å². The normalized spacial score (nSPS) is 20.5. The highest BCUT2D eigenvalue weighted by atomic mass is 35.5. The zero-order valence-electron chi connectivity index (χ0n) is 20.9. The number of halogens is 1. The third-order valence-electron chi connectivity index (χ3n) is 8.31. The lowest BCUT2D eigenvalue weighted by molar-refractivity contribution is 0.0526. The Kier molecular flexibility index (Phi) is 7.50. The van der Waals surface area contributed by atoms with Crippen molar-refractivity contribution in [3.63, 3.8) is 0 Å². The Morgan fingerprint density at radius 3 is 2.29 bits per heavy atom. The molecule has 0 radical (unpaired) electrons. The third-order valence-corrected chi connectivity index (χ3v) is 8.56. The SMILES string of the molecule is CCOC(=O)c1ccc(N2CCN(CC3=C(c4ccc(Cl)cc4)CCC4(CCCC4)C3)CC2)cc1. The Balaban J connectivity index is 1.26. The van der Waals surface area contributed by atoms with Gasteiger partial charge in [-0.15, -0.1) is 0 Å². The zero-order chi connectivity index (χ0) is 24.3. The second-order valence-corrected chi connectivity index (χ2v) is 10.9. The minimum atomic E-state index is -0.249. The Morgan fingerprint density at radius 1 is 0.943 bits per heavy atom. The Hall–Kier alpha value is -2.30. The summed E-state index contributed by atoms with van der Waals surface area (Å²) in [5.74, 6) is -0.249. The largest absolute Gasteiger partial charge is 0.462 e. The first-order valence-electron chi connectivity index (χ1n) is 13.3. The van der Waals surface area contributed by atoms with Gasteiger partial charge in [-0.05, 0) is 92.0 Å². The van der Waals surface area contributed by atoms with Crippen LogP contribution in [0.1, 0.15) is 67.8 Å². The molecule has 0 aromatic heterocycles. The number of esters is 1. The zero-order valence-corrected chi connectivity index (χ0v) is 21.7. The van der Waals surface area contributed by atoms with Crippen LogP contribution in [0.25, 0.3) is 5.57 Å². The fourth-order valence-electron chi connectivity index (χ4n) is 6.37. The molecule has 2 aromatic rings. The summed E-state index contributed by atoms with van der Waals surface area (Å²) in [6.07, 6.45) is 9.41. The van der Waals surface area contributed by atoms with Gasteiger partial charge in [-0.25, -0.2) is 4.79 Å². The highest BCUT2D eigenvalue weighted by Crippen LogP contribution is 2.52. The lowest BCUT2D eigenvalue weighted by atomic mass is 9.69. The molecule has 0 amide bonds. The lowest BCUT2D eigenvalue weighted by Crippen LogP contribution is -2.47. The van der Waals surface area contributed by atoms with Crippen molar-refractivity contribution < 1.29 is 9.53 Å². The smallest absolute Gasteiger partial charge is 0.338 e. The molecule has 5 rings (SSSR count). The molecule has 1 heterocycles. The summed E-state index contributed by atoms with van der Waals surface area (Å²) in [6.45, 7) is 7.45. The van der Waals surface area contributed by atoms with Crippen molar-refractivity contribution in [2.24, 2.45) is 5.41 Å². The first-order valence-corrected chi connectivity index (χ1v) is 13.6. The number of nitrogens with zero attached hydrogens (tertiary/aromatic N) is 2. The fraction of sp³-hybridized carbons (Fsp3) is 0.500. The second kappa shape index (κ2) is 10.8. The molecular weight excluding hydrogens is 456 g/mol. The molecule has 3 aliphatic rings. The molecule has 0 N–H and O–H groups in total. The highest BCUT2D eigenvalue weighted by molar-refractivity contribution is 6.30.